The number of carbonyl (C=O) groups excluding carboxylic acids is 1. The van der Waals surface area contributed by atoms with Crippen molar-refractivity contribution in [3.63, 3.8) is 0 Å². The molecule has 26 heavy (non-hydrogen) atoms. The van der Waals surface area contributed by atoms with E-state index in [-0.39, 0.29) is 5.91 Å². The van der Waals surface area contributed by atoms with Crippen LogP contribution in [0.4, 0.5) is 5.69 Å². The first kappa shape index (κ1) is 18.1. The average Bonchev–Trinajstić information content (AvgIpc) is 3.02. The van der Waals surface area contributed by atoms with E-state index in [0.29, 0.717) is 10.8 Å². The van der Waals surface area contributed by atoms with Gasteiger partial charge in [-0.05, 0) is 66.1 Å². The summed E-state index contributed by atoms with van der Waals surface area (Å²) in [5.41, 5.74) is 6.66. The summed E-state index contributed by atoms with van der Waals surface area (Å²) >= 11 is 1.60. The lowest BCUT2D eigenvalue weighted by molar-refractivity contribution is -0.114. The van der Waals surface area contributed by atoms with Gasteiger partial charge in [0.1, 0.15) is 0 Å². The highest BCUT2D eigenvalue weighted by molar-refractivity contribution is 7.98. The molecule has 0 atom stereocenters. The summed E-state index contributed by atoms with van der Waals surface area (Å²) < 4.78 is 1.69. The third-order valence-corrected chi connectivity index (χ3v) is 4.98. The van der Waals surface area contributed by atoms with Crippen molar-refractivity contribution in [1.29, 1.82) is 0 Å². The number of aryl methyl sites for hydroxylation is 3. The van der Waals surface area contributed by atoms with Gasteiger partial charge >= 0.3 is 0 Å². The van der Waals surface area contributed by atoms with E-state index in [0.717, 1.165) is 11.4 Å². The standard InChI is InChI=1S/C19H21N5OS/c1-12-8-13(2)18(14(3)9-12)11-26-19-21-22-23-24(19)17-7-5-6-16(10-17)20-15(4)25/h5-10H,11H2,1-4H3,(H,20,25). The Labute approximate surface area is 157 Å². The maximum atomic E-state index is 11.3. The van der Waals surface area contributed by atoms with E-state index < -0.39 is 0 Å². The van der Waals surface area contributed by atoms with Gasteiger partial charge in [0.2, 0.25) is 11.1 Å². The molecule has 0 aliphatic carbocycles. The Hall–Kier alpha value is -2.67. The van der Waals surface area contributed by atoms with Crippen molar-refractivity contribution in [3.05, 3.63) is 58.7 Å². The van der Waals surface area contributed by atoms with Crippen LogP contribution in [0.25, 0.3) is 5.69 Å². The molecule has 134 valence electrons. The molecule has 0 saturated carbocycles. The first-order valence-electron chi connectivity index (χ1n) is 8.30. The molecule has 6 nitrogen and oxygen atoms in total. The van der Waals surface area contributed by atoms with E-state index in [1.807, 2.05) is 24.3 Å². The van der Waals surface area contributed by atoms with E-state index in [9.17, 15) is 4.79 Å². The fraction of sp³-hybridized carbons (Fsp3) is 0.263. The number of benzene rings is 2. The monoisotopic (exact) mass is 367 g/mol. The minimum absolute atomic E-state index is 0.112. The van der Waals surface area contributed by atoms with Gasteiger partial charge in [0.15, 0.2) is 0 Å². The van der Waals surface area contributed by atoms with Crippen LogP contribution in [0.1, 0.15) is 29.2 Å². The number of aromatic nitrogens is 4. The highest BCUT2D eigenvalue weighted by Gasteiger charge is 2.12. The van der Waals surface area contributed by atoms with E-state index in [2.05, 4.69) is 53.7 Å². The van der Waals surface area contributed by atoms with Crippen LogP contribution in [0.15, 0.2) is 41.6 Å². The zero-order chi connectivity index (χ0) is 18.7. The molecule has 1 heterocycles. The number of carbonyl (C=O) groups is 1. The largest absolute Gasteiger partial charge is 0.326 e. The van der Waals surface area contributed by atoms with Gasteiger partial charge in [-0.15, -0.1) is 5.10 Å². The highest BCUT2D eigenvalue weighted by Crippen LogP contribution is 2.27. The lowest BCUT2D eigenvalue weighted by Crippen LogP contribution is -2.07. The molecule has 3 rings (SSSR count). The topological polar surface area (TPSA) is 72.7 Å². The van der Waals surface area contributed by atoms with E-state index in [1.54, 1.807) is 16.4 Å². The number of nitrogens with one attached hydrogen (secondary N) is 1. The van der Waals surface area contributed by atoms with Crippen LogP contribution in [0.5, 0.6) is 0 Å². The summed E-state index contributed by atoms with van der Waals surface area (Å²) in [6.45, 7) is 7.86. The van der Waals surface area contributed by atoms with Gasteiger partial charge in [-0.25, -0.2) is 0 Å². The van der Waals surface area contributed by atoms with Crippen LogP contribution in [0.3, 0.4) is 0 Å². The third kappa shape index (κ3) is 4.11. The van der Waals surface area contributed by atoms with E-state index in [4.69, 9.17) is 0 Å². The second kappa shape index (κ2) is 7.70. The molecule has 0 aliphatic heterocycles. The first-order valence-corrected chi connectivity index (χ1v) is 9.28. The van der Waals surface area contributed by atoms with Crippen molar-refractivity contribution < 1.29 is 4.79 Å². The fourth-order valence-electron chi connectivity index (χ4n) is 2.92. The Kier molecular flexibility index (Phi) is 5.37. The molecule has 7 heteroatoms. The summed E-state index contributed by atoms with van der Waals surface area (Å²) in [5.74, 6) is 0.683. The smallest absolute Gasteiger partial charge is 0.221 e. The predicted molar refractivity (Wildman–Crippen MR) is 104 cm³/mol. The van der Waals surface area contributed by atoms with Gasteiger partial charge in [0, 0.05) is 18.4 Å². The number of hydrogen-bond acceptors (Lipinski definition) is 5. The van der Waals surface area contributed by atoms with Crippen molar-refractivity contribution in [2.24, 2.45) is 0 Å². The fourth-order valence-corrected chi connectivity index (χ4v) is 4.01. The number of thioether (sulfide) groups is 1. The minimum Gasteiger partial charge on any atom is -0.326 e. The van der Waals surface area contributed by atoms with Crippen molar-refractivity contribution in [3.8, 4) is 5.69 Å². The van der Waals surface area contributed by atoms with Gasteiger partial charge in [0.05, 0.1) is 5.69 Å². The molecule has 1 N–H and O–H groups in total. The molecule has 0 aliphatic rings. The Morgan fingerprint density at radius 3 is 2.58 bits per heavy atom. The van der Waals surface area contributed by atoms with Gasteiger partial charge in [0.25, 0.3) is 0 Å². The molecule has 0 saturated heterocycles. The van der Waals surface area contributed by atoms with Crippen LogP contribution >= 0.6 is 11.8 Å². The zero-order valence-electron chi connectivity index (χ0n) is 15.3. The maximum absolute atomic E-state index is 11.3. The van der Waals surface area contributed by atoms with Crippen LogP contribution in [-0.4, -0.2) is 26.1 Å². The zero-order valence-corrected chi connectivity index (χ0v) is 16.1. The van der Waals surface area contributed by atoms with Crippen LogP contribution < -0.4 is 5.32 Å². The van der Waals surface area contributed by atoms with E-state index >= 15 is 0 Å². The van der Waals surface area contributed by atoms with Crippen molar-refractivity contribution in [2.45, 2.75) is 38.6 Å². The van der Waals surface area contributed by atoms with Gasteiger partial charge in [-0.1, -0.05) is 35.5 Å². The number of tetrazole rings is 1. The number of amides is 1. The average molecular weight is 367 g/mol. The second-order valence-electron chi connectivity index (χ2n) is 6.27. The van der Waals surface area contributed by atoms with Crippen molar-refractivity contribution in [2.75, 3.05) is 5.32 Å². The van der Waals surface area contributed by atoms with Crippen LogP contribution in [0.2, 0.25) is 0 Å². The molecule has 0 bridgehead atoms. The molecule has 0 fully saturated rings. The number of hydrogen-bond donors (Lipinski definition) is 1. The van der Waals surface area contributed by atoms with Crippen LogP contribution in [0, 0.1) is 20.8 Å². The molecular weight excluding hydrogens is 346 g/mol. The molecule has 0 unspecified atom stereocenters. The molecule has 0 spiro atoms. The maximum Gasteiger partial charge on any atom is 0.221 e. The molecule has 3 aromatic rings. The normalized spacial score (nSPS) is 10.8. The Bertz CT molecular complexity index is 928. The van der Waals surface area contributed by atoms with Crippen molar-refractivity contribution >= 4 is 23.4 Å². The summed E-state index contributed by atoms with van der Waals surface area (Å²) in [5, 5.41) is 15.6. The summed E-state index contributed by atoms with van der Waals surface area (Å²) in [7, 11) is 0. The summed E-state index contributed by atoms with van der Waals surface area (Å²) in [6, 6.07) is 11.9. The molecular formula is C19H21N5OS. The van der Waals surface area contributed by atoms with Crippen LogP contribution in [-0.2, 0) is 10.5 Å². The second-order valence-corrected chi connectivity index (χ2v) is 7.21. The molecule has 2 aromatic carbocycles. The summed E-state index contributed by atoms with van der Waals surface area (Å²) in [4.78, 5) is 11.3. The number of anilines is 1. The molecule has 1 aromatic heterocycles. The predicted octanol–water partition coefficient (Wildman–Crippen LogP) is 3.84. The van der Waals surface area contributed by atoms with Gasteiger partial charge in [-0.2, -0.15) is 4.68 Å². The minimum atomic E-state index is -0.112. The Morgan fingerprint density at radius 1 is 1.15 bits per heavy atom. The quantitative estimate of drug-likeness (QED) is 0.694. The van der Waals surface area contributed by atoms with Gasteiger partial charge < -0.3 is 5.32 Å². The van der Waals surface area contributed by atoms with E-state index in [1.165, 1.54) is 29.2 Å². The van der Waals surface area contributed by atoms with Crippen molar-refractivity contribution in [1.82, 2.24) is 20.2 Å². The highest BCUT2D eigenvalue weighted by atomic mass is 32.2. The lowest BCUT2D eigenvalue weighted by Gasteiger charge is -2.11. The Morgan fingerprint density at radius 2 is 1.88 bits per heavy atom. The SMILES string of the molecule is CC(=O)Nc1cccc(-n2nnnc2SCc2c(C)cc(C)cc2C)c1. The number of nitrogens with zero attached hydrogens (tertiary/aromatic N) is 4. The molecule has 0 radical (unpaired) electrons. The molecule has 1 amide bonds. The lowest BCUT2D eigenvalue weighted by atomic mass is 10.0. The Balaban J connectivity index is 1.83. The third-order valence-electron chi connectivity index (χ3n) is 4.04. The number of rotatable bonds is 5. The van der Waals surface area contributed by atoms with Gasteiger partial charge in [-0.3, -0.25) is 4.79 Å². The summed E-state index contributed by atoms with van der Waals surface area (Å²) in [6.07, 6.45) is 0. The first-order chi connectivity index (χ1) is 12.4.